The minimum atomic E-state index is -0.00684. The Morgan fingerprint density at radius 2 is 1.64 bits per heavy atom. The number of hydrogen-bond donors (Lipinski definition) is 2. The third-order valence-electron chi connectivity index (χ3n) is 4.74. The van der Waals surface area contributed by atoms with Crippen LogP contribution < -0.4 is 10.6 Å². The molecule has 0 aromatic rings. The van der Waals surface area contributed by atoms with Gasteiger partial charge in [0.15, 0.2) is 0 Å². The van der Waals surface area contributed by atoms with Gasteiger partial charge in [-0.25, -0.2) is 4.79 Å². The van der Waals surface area contributed by atoms with Crippen molar-refractivity contribution in [3.63, 3.8) is 0 Å². The van der Waals surface area contributed by atoms with Gasteiger partial charge in [-0.1, -0.05) is 26.2 Å². The number of hydrogen-bond acceptors (Lipinski definition) is 3. The van der Waals surface area contributed by atoms with E-state index in [1.165, 1.54) is 19.3 Å². The Hall–Kier alpha value is -1.30. The Balaban J connectivity index is 1.74. The summed E-state index contributed by atoms with van der Waals surface area (Å²) >= 11 is 0. The zero-order chi connectivity index (χ0) is 15.9. The van der Waals surface area contributed by atoms with E-state index in [2.05, 4.69) is 10.6 Å². The molecule has 1 aliphatic heterocycles. The molecule has 22 heavy (non-hydrogen) atoms. The highest BCUT2D eigenvalue weighted by molar-refractivity contribution is 5.79. The Labute approximate surface area is 133 Å². The average molecular weight is 310 g/mol. The Morgan fingerprint density at radius 1 is 1.05 bits per heavy atom. The second-order valence-electron chi connectivity index (χ2n) is 6.56. The molecule has 2 fully saturated rings. The van der Waals surface area contributed by atoms with Crippen molar-refractivity contribution in [1.29, 1.82) is 0 Å². The first-order chi connectivity index (χ1) is 10.6. The zero-order valence-electron chi connectivity index (χ0n) is 13.9. The van der Waals surface area contributed by atoms with E-state index in [4.69, 9.17) is 0 Å². The van der Waals surface area contributed by atoms with Crippen LogP contribution in [0.4, 0.5) is 4.79 Å². The van der Waals surface area contributed by atoms with Gasteiger partial charge in [-0.05, 0) is 19.9 Å². The van der Waals surface area contributed by atoms with Gasteiger partial charge in [-0.2, -0.15) is 0 Å². The van der Waals surface area contributed by atoms with E-state index < -0.39 is 0 Å². The van der Waals surface area contributed by atoms with Crippen LogP contribution in [-0.4, -0.2) is 67.6 Å². The largest absolute Gasteiger partial charge is 0.339 e. The van der Waals surface area contributed by atoms with Gasteiger partial charge in [0.05, 0.1) is 0 Å². The van der Waals surface area contributed by atoms with Crippen LogP contribution in [0, 0.1) is 5.92 Å². The molecule has 1 saturated heterocycles. The Morgan fingerprint density at radius 3 is 2.23 bits per heavy atom. The van der Waals surface area contributed by atoms with Gasteiger partial charge in [-0.15, -0.1) is 0 Å². The molecule has 0 aromatic heterocycles. The van der Waals surface area contributed by atoms with Gasteiger partial charge >= 0.3 is 6.03 Å². The molecule has 0 radical (unpaired) electrons. The molecule has 6 nitrogen and oxygen atoms in total. The van der Waals surface area contributed by atoms with Crippen LogP contribution in [0.15, 0.2) is 0 Å². The molecule has 1 unspecified atom stereocenters. The monoisotopic (exact) mass is 310 g/mol. The van der Waals surface area contributed by atoms with Crippen molar-refractivity contribution in [2.24, 2.45) is 5.92 Å². The lowest BCUT2D eigenvalue weighted by Gasteiger charge is -2.37. The van der Waals surface area contributed by atoms with Gasteiger partial charge in [0, 0.05) is 44.7 Å². The van der Waals surface area contributed by atoms with Crippen LogP contribution in [0.25, 0.3) is 0 Å². The topological polar surface area (TPSA) is 64.7 Å². The zero-order valence-corrected chi connectivity index (χ0v) is 13.9. The molecular formula is C16H30N4O2. The summed E-state index contributed by atoms with van der Waals surface area (Å²) in [4.78, 5) is 28.3. The van der Waals surface area contributed by atoms with Crippen molar-refractivity contribution >= 4 is 11.9 Å². The number of amides is 3. The first-order valence-corrected chi connectivity index (χ1v) is 8.60. The maximum Gasteiger partial charge on any atom is 0.317 e. The third kappa shape index (κ3) is 4.60. The highest BCUT2D eigenvalue weighted by Gasteiger charge is 2.27. The number of nitrogens with one attached hydrogen (secondary N) is 2. The molecule has 0 bridgehead atoms. The second kappa shape index (κ2) is 8.36. The lowest BCUT2D eigenvalue weighted by molar-refractivity contribution is -0.136. The van der Waals surface area contributed by atoms with Gasteiger partial charge in [-0.3, -0.25) is 4.79 Å². The van der Waals surface area contributed by atoms with Gasteiger partial charge in [0.25, 0.3) is 0 Å². The molecule has 1 heterocycles. The fraction of sp³-hybridized carbons (Fsp3) is 0.875. The van der Waals surface area contributed by atoms with Crippen LogP contribution in [0.3, 0.4) is 0 Å². The van der Waals surface area contributed by atoms with Gasteiger partial charge in [0.2, 0.25) is 5.91 Å². The fourth-order valence-electron chi connectivity index (χ4n) is 3.35. The van der Waals surface area contributed by atoms with Crippen LogP contribution in [0.2, 0.25) is 0 Å². The maximum atomic E-state index is 12.3. The Bertz CT molecular complexity index is 374. The van der Waals surface area contributed by atoms with E-state index in [-0.39, 0.29) is 17.9 Å². The fourth-order valence-corrected chi connectivity index (χ4v) is 3.35. The van der Waals surface area contributed by atoms with Gasteiger partial charge < -0.3 is 20.4 Å². The van der Waals surface area contributed by atoms with Crippen molar-refractivity contribution in [2.45, 2.75) is 45.1 Å². The maximum absolute atomic E-state index is 12.3. The molecule has 2 rings (SSSR count). The predicted molar refractivity (Wildman–Crippen MR) is 86.6 cm³/mol. The molecule has 6 heteroatoms. The summed E-state index contributed by atoms with van der Waals surface area (Å²) in [5.74, 6) is 0.175. The molecule has 0 aromatic carbocycles. The number of carbonyl (C=O) groups is 2. The van der Waals surface area contributed by atoms with E-state index in [0.29, 0.717) is 38.8 Å². The van der Waals surface area contributed by atoms with E-state index in [0.717, 1.165) is 12.8 Å². The van der Waals surface area contributed by atoms with Crippen molar-refractivity contribution < 1.29 is 9.59 Å². The third-order valence-corrected chi connectivity index (χ3v) is 4.74. The van der Waals surface area contributed by atoms with Gasteiger partial charge in [0.1, 0.15) is 0 Å². The first kappa shape index (κ1) is 17.1. The minimum Gasteiger partial charge on any atom is -0.339 e. The van der Waals surface area contributed by atoms with Crippen LogP contribution in [0.5, 0.6) is 0 Å². The number of rotatable bonds is 4. The van der Waals surface area contributed by atoms with Crippen LogP contribution >= 0.6 is 0 Å². The average Bonchev–Trinajstić information content (AvgIpc) is 2.55. The SMILES string of the molecule is CNCC(C)C(=O)N1CCN(C(=O)NC2CCCCC2)CC1. The second-order valence-corrected chi connectivity index (χ2v) is 6.56. The number of nitrogens with zero attached hydrogens (tertiary/aromatic N) is 2. The molecule has 2 N–H and O–H groups in total. The quantitative estimate of drug-likeness (QED) is 0.815. The van der Waals surface area contributed by atoms with E-state index >= 15 is 0 Å². The molecular weight excluding hydrogens is 280 g/mol. The highest BCUT2D eigenvalue weighted by Crippen LogP contribution is 2.18. The summed E-state index contributed by atoms with van der Waals surface area (Å²) < 4.78 is 0. The Kier molecular flexibility index (Phi) is 6.49. The normalized spacial score (nSPS) is 21.5. The van der Waals surface area contributed by atoms with Crippen molar-refractivity contribution in [1.82, 2.24) is 20.4 Å². The van der Waals surface area contributed by atoms with Crippen molar-refractivity contribution in [3.05, 3.63) is 0 Å². The molecule has 126 valence electrons. The molecule has 0 spiro atoms. The number of piperazine rings is 1. The summed E-state index contributed by atoms with van der Waals surface area (Å²) in [6.45, 7) is 5.20. The molecule has 1 saturated carbocycles. The van der Waals surface area contributed by atoms with Crippen molar-refractivity contribution in [3.8, 4) is 0 Å². The van der Waals surface area contributed by atoms with Crippen LogP contribution in [0.1, 0.15) is 39.0 Å². The highest BCUT2D eigenvalue weighted by atomic mass is 16.2. The summed E-state index contributed by atoms with van der Waals surface area (Å²) in [6, 6.07) is 0.388. The summed E-state index contributed by atoms with van der Waals surface area (Å²) in [6.07, 6.45) is 5.93. The first-order valence-electron chi connectivity index (χ1n) is 8.60. The molecule has 1 aliphatic carbocycles. The van der Waals surface area contributed by atoms with Crippen molar-refractivity contribution in [2.75, 3.05) is 39.8 Å². The molecule has 2 aliphatic rings. The summed E-state index contributed by atoms with van der Waals surface area (Å²) in [7, 11) is 1.86. The summed E-state index contributed by atoms with van der Waals surface area (Å²) in [5, 5.41) is 6.19. The smallest absolute Gasteiger partial charge is 0.317 e. The lowest BCUT2D eigenvalue weighted by Crippen LogP contribution is -2.55. The minimum absolute atomic E-state index is 0.00684. The predicted octanol–water partition coefficient (Wildman–Crippen LogP) is 1.03. The van der Waals surface area contributed by atoms with E-state index in [9.17, 15) is 9.59 Å². The molecule has 3 amide bonds. The van der Waals surface area contributed by atoms with E-state index in [1.54, 1.807) is 0 Å². The molecule has 1 atom stereocenters. The number of carbonyl (C=O) groups excluding carboxylic acids is 2. The van der Waals surface area contributed by atoms with E-state index in [1.807, 2.05) is 23.8 Å². The lowest BCUT2D eigenvalue weighted by atomic mass is 9.96. The summed E-state index contributed by atoms with van der Waals surface area (Å²) in [5.41, 5.74) is 0. The van der Waals surface area contributed by atoms with Crippen LogP contribution in [-0.2, 0) is 4.79 Å². The number of urea groups is 1. The standard InChI is InChI=1S/C16H30N4O2/c1-13(12-17-2)15(21)19-8-10-20(11-9-19)16(22)18-14-6-4-3-5-7-14/h13-14,17H,3-12H2,1-2H3,(H,18,22).